The van der Waals surface area contributed by atoms with Gasteiger partial charge in [0.05, 0.1) is 0 Å². The van der Waals surface area contributed by atoms with Crippen molar-refractivity contribution in [2.45, 2.75) is 51.0 Å². The normalized spacial score (nSPS) is 17.8. The molecule has 2 rings (SSSR count). The van der Waals surface area contributed by atoms with E-state index in [1.165, 1.54) is 32.1 Å². The lowest BCUT2D eigenvalue weighted by Gasteiger charge is -2.18. The number of hydrogen-bond acceptors (Lipinski definition) is 2. The first kappa shape index (κ1) is 15.1. The van der Waals surface area contributed by atoms with E-state index in [9.17, 15) is 0 Å². The zero-order chi connectivity index (χ0) is 13.7. The molecular weight excluding hydrogens is 279 g/mol. The Bertz CT molecular complexity index is 403. The van der Waals surface area contributed by atoms with E-state index < -0.39 is 0 Å². The van der Waals surface area contributed by atoms with Crippen molar-refractivity contribution in [3.8, 4) is 0 Å². The average Bonchev–Trinajstić information content (AvgIpc) is 2.90. The van der Waals surface area contributed by atoms with Crippen LogP contribution in [0.3, 0.4) is 0 Å². The summed E-state index contributed by atoms with van der Waals surface area (Å²) in [4.78, 5) is 0. The standard InChI is InChI=1S/C15H22Cl2N2/c16-13-7-6-12(15(17)10-13)9-14(19-18)8-5-11-3-1-2-4-11/h6-7,10-11,14,19H,1-5,8-9,18H2. The molecule has 106 valence electrons. The molecule has 0 aromatic heterocycles. The van der Waals surface area contributed by atoms with Crippen molar-refractivity contribution < 1.29 is 0 Å². The second kappa shape index (κ2) is 7.49. The van der Waals surface area contributed by atoms with Crippen LogP contribution in [0.5, 0.6) is 0 Å². The SMILES string of the molecule is NNC(CCC1CCCC1)Cc1ccc(Cl)cc1Cl. The number of hydrogen-bond donors (Lipinski definition) is 2. The molecule has 0 radical (unpaired) electrons. The quantitative estimate of drug-likeness (QED) is 0.606. The third-order valence-electron chi connectivity index (χ3n) is 4.12. The lowest BCUT2D eigenvalue weighted by Crippen LogP contribution is -2.37. The lowest BCUT2D eigenvalue weighted by atomic mass is 9.95. The second-order valence-corrected chi connectivity index (χ2v) is 6.37. The molecule has 0 heterocycles. The summed E-state index contributed by atoms with van der Waals surface area (Å²) in [6.07, 6.45) is 8.81. The van der Waals surface area contributed by atoms with Crippen molar-refractivity contribution in [3.63, 3.8) is 0 Å². The van der Waals surface area contributed by atoms with E-state index in [0.717, 1.165) is 29.3 Å². The highest BCUT2D eigenvalue weighted by Gasteiger charge is 2.17. The van der Waals surface area contributed by atoms with Gasteiger partial charge in [-0.05, 0) is 42.9 Å². The van der Waals surface area contributed by atoms with Crippen molar-refractivity contribution in [2.24, 2.45) is 11.8 Å². The number of nitrogens with two attached hydrogens (primary N) is 1. The van der Waals surface area contributed by atoms with E-state index in [0.29, 0.717) is 11.1 Å². The van der Waals surface area contributed by atoms with Gasteiger partial charge in [0.15, 0.2) is 0 Å². The van der Waals surface area contributed by atoms with Gasteiger partial charge in [-0.25, -0.2) is 0 Å². The van der Waals surface area contributed by atoms with Gasteiger partial charge in [0.2, 0.25) is 0 Å². The summed E-state index contributed by atoms with van der Waals surface area (Å²) in [5.74, 6) is 6.57. The summed E-state index contributed by atoms with van der Waals surface area (Å²) in [6.45, 7) is 0. The number of halogens is 2. The molecule has 19 heavy (non-hydrogen) atoms. The molecule has 0 amide bonds. The smallest absolute Gasteiger partial charge is 0.0453 e. The molecule has 2 nitrogen and oxygen atoms in total. The van der Waals surface area contributed by atoms with Crippen LogP contribution in [0.2, 0.25) is 10.0 Å². The summed E-state index contributed by atoms with van der Waals surface area (Å²) in [5, 5.41) is 1.41. The zero-order valence-corrected chi connectivity index (χ0v) is 12.7. The number of hydrazine groups is 1. The maximum absolute atomic E-state index is 6.20. The summed E-state index contributed by atoms with van der Waals surface area (Å²) < 4.78 is 0. The summed E-state index contributed by atoms with van der Waals surface area (Å²) in [6, 6.07) is 5.96. The molecule has 1 unspecified atom stereocenters. The predicted molar refractivity (Wildman–Crippen MR) is 82.5 cm³/mol. The van der Waals surface area contributed by atoms with Crippen LogP contribution in [0.25, 0.3) is 0 Å². The molecule has 3 N–H and O–H groups in total. The van der Waals surface area contributed by atoms with Crippen molar-refractivity contribution in [1.29, 1.82) is 0 Å². The van der Waals surface area contributed by atoms with Crippen LogP contribution >= 0.6 is 23.2 Å². The van der Waals surface area contributed by atoms with Crippen molar-refractivity contribution in [1.82, 2.24) is 5.43 Å². The van der Waals surface area contributed by atoms with E-state index in [4.69, 9.17) is 29.0 Å². The molecule has 0 spiro atoms. The minimum Gasteiger partial charge on any atom is -0.271 e. The average molecular weight is 301 g/mol. The van der Waals surface area contributed by atoms with E-state index in [2.05, 4.69) is 5.43 Å². The maximum Gasteiger partial charge on any atom is 0.0453 e. The topological polar surface area (TPSA) is 38.0 Å². The molecule has 1 saturated carbocycles. The number of rotatable bonds is 6. The molecule has 1 fully saturated rings. The minimum absolute atomic E-state index is 0.291. The van der Waals surface area contributed by atoms with Crippen LogP contribution in [0.1, 0.15) is 44.1 Å². The molecule has 1 atom stereocenters. The van der Waals surface area contributed by atoms with E-state index in [1.807, 2.05) is 12.1 Å². The van der Waals surface area contributed by atoms with E-state index in [1.54, 1.807) is 6.07 Å². The zero-order valence-electron chi connectivity index (χ0n) is 11.2. The Balaban J connectivity index is 1.86. The van der Waals surface area contributed by atoms with Crippen LogP contribution < -0.4 is 11.3 Å². The maximum atomic E-state index is 6.20. The molecule has 1 aliphatic rings. The van der Waals surface area contributed by atoms with Crippen molar-refractivity contribution >= 4 is 23.2 Å². The minimum atomic E-state index is 0.291. The van der Waals surface area contributed by atoms with Crippen LogP contribution in [-0.2, 0) is 6.42 Å². The van der Waals surface area contributed by atoms with Gasteiger partial charge in [-0.3, -0.25) is 11.3 Å². The predicted octanol–water partition coefficient (Wildman–Crippen LogP) is 4.34. The first-order chi connectivity index (χ1) is 9.19. The fourth-order valence-electron chi connectivity index (χ4n) is 2.93. The van der Waals surface area contributed by atoms with E-state index in [-0.39, 0.29) is 0 Å². The fraction of sp³-hybridized carbons (Fsp3) is 0.600. The van der Waals surface area contributed by atoms with Gasteiger partial charge in [0, 0.05) is 16.1 Å². The Hall–Kier alpha value is -0.280. The largest absolute Gasteiger partial charge is 0.271 e. The number of benzene rings is 1. The van der Waals surface area contributed by atoms with Gasteiger partial charge in [-0.1, -0.05) is 55.0 Å². The molecule has 1 aromatic rings. The fourth-order valence-corrected chi connectivity index (χ4v) is 3.42. The molecule has 1 aliphatic carbocycles. The number of nitrogens with one attached hydrogen (secondary N) is 1. The van der Waals surface area contributed by atoms with Gasteiger partial charge >= 0.3 is 0 Å². The second-order valence-electron chi connectivity index (χ2n) is 5.53. The lowest BCUT2D eigenvalue weighted by molar-refractivity contribution is 0.407. The van der Waals surface area contributed by atoms with Gasteiger partial charge in [-0.2, -0.15) is 0 Å². The summed E-state index contributed by atoms with van der Waals surface area (Å²) in [5.41, 5.74) is 4.04. The highest BCUT2D eigenvalue weighted by atomic mass is 35.5. The first-order valence-corrected chi connectivity index (χ1v) is 7.84. The highest BCUT2D eigenvalue weighted by molar-refractivity contribution is 6.35. The van der Waals surface area contributed by atoms with Gasteiger partial charge < -0.3 is 0 Å². The molecular formula is C15H22Cl2N2. The van der Waals surface area contributed by atoms with Crippen molar-refractivity contribution in [3.05, 3.63) is 33.8 Å². The molecule has 0 bridgehead atoms. The van der Waals surface area contributed by atoms with Crippen LogP contribution in [0.15, 0.2) is 18.2 Å². The van der Waals surface area contributed by atoms with E-state index >= 15 is 0 Å². The van der Waals surface area contributed by atoms with Crippen LogP contribution in [0, 0.1) is 5.92 Å². The highest BCUT2D eigenvalue weighted by Crippen LogP contribution is 2.29. The Kier molecular flexibility index (Phi) is 5.96. The Labute approximate surface area is 125 Å². The Morgan fingerprint density at radius 3 is 2.63 bits per heavy atom. The van der Waals surface area contributed by atoms with Crippen LogP contribution in [-0.4, -0.2) is 6.04 Å². The molecule has 4 heteroatoms. The molecule has 0 aliphatic heterocycles. The Morgan fingerprint density at radius 2 is 2.00 bits per heavy atom. The molecule has 1 aromatic carbocycles. The third-order valence-corrected chi connectivity index (χ3v) is 4.70. The summed E-state index contributed by atoms with van der Waals surface area (Å²) in [7, 11) is 0. The third kappa shape index (κ3) is 4.64. The van der Waals surface area contributed by atoms with Crippen LogP contribution in [0.4, 0.5) is 0 Å². The first-order valence-electron chi connectivity index (χ1n) is 7.09. The summed E-state index contributed by atoms with van der Waals surface area (Å²) >= 11 is 12.1. The van der Waals surface area contributed by atoms with Gasteiger partial charge in [0.1, 0.15) is 0 Å². The van der Waals surface area contributed by atoms with Gasteiger partial charge in [-0.15, -0.1) is 0 Å². The molecule has 0 saturated heterocycles. The van der Waals surface area contributed by atoms with Crippen molar-refractivity contribution in [2.75, 3.05) is 0 Å². The monoisotopic (exact) mass is 300 g/mol. The Morgan fingerprint density at radius 1 is 1.26 bits per heavy atom. The van der Waals surface area contributed by atoms with Gasteiger partial charge in [0.25, 0.3) is 0 Å².